The van der Waals surface area contributed by atoms with Gasteiger partial charge < -0.3 is 9.72 Å². The summed E-state index contributed by atoms with van der Waals surface area (Å²) >= 11 is 0. The molecule has 0 atom stereocenters. The van der Waals surface area contributed by atoms with Crippen LogP contribution in [0.1, 0.15) is 46.9 Å². The van der Waals surface area contributed by atoms with Crippen molar-refractivity contribution in [2.45, 2.75) is 26.4 Å². The summed E-state index contributed by atoms with van der Waals surface area (Å²) in [4.78, 5) is 14.6. The van der Waals surface area contributed by atoms with Gasteiger partial charge in [0.1, 0.15) is 12.3 Å². The summed E-state index contributed by atoms with van der Waals surface area (Å²) in [6, 6.07) is 11.0. The molecule has 0 spiro atoms. The predicted octanol–water partition coefficient (Wildman–Crippen LogP) is 3.37. The zero-order valence-corrected chi connectivity index (χ0v) is 11.5. The van der Waals surface area contributed by atoms with Gasteiger partial charge in [-0.3, -0.25) is 0 Å². The number of H-pyrrole nitrogens is 1. The summed E-state index contributed by atoms with van der Waals surface area (Å²) in [6.45, 7) is 4.30. The molecule has 4 nitrogen and oxygen atoms in total. The van der Waals surface area contributed by atoms with Crippen LogP contribution in [0.3, 0.4) is 0 Å². The number of hydrogen-bond acceptors (Lipinski definition) is 3. The molecule has 20 heavy (non-hydrogen) atoms. The van der Waals surface area contributed by atoms with Gasteiger partial charge in [0.05, 0.1) is 11.6 Å². The quantitative estimate of drug-likeness (QED) is 0.864. The van der Waals surface area contributed by atoms with Gasteiger partial charge in [0, 0.05) is 6.20 Å². The molecule has 0 aliphatic carbocycles. The smallest absolute Gasteiger partial charge is 0.355 e. The highest BCUT2D eigenvalue weighted by atomic mass is 16.5. The van der Waals surface area contributed by atoms with Crippen LogP contribution >= 0.6 is 0 Å². The fourth-order valence-corrected chi connectivity index (χ4v) is 2.01. The average molecular weight is 268 g/mol. The average Bonchev–Trinajstić information content (AvgIpc) is 2.98. The van der Waals surface area contributed by atoms with Crippen LogP contribution in [0, 0.1) is 11.3 Å². The van der Waals surface area contributed by atoms with E-state index in [4.69, 9.17) is 10.00 Å². The van der Waals surface area contributed by atoms with E-state index in [1.807, 2.05) is 26.0 Å². The normalized spacial score (nSPS) is 10.3. The van der Waals surface area contributed by atoms with E-state index in [1.54, 1.807) is 24.4 Å². The topological polar surface area (TPSA) is 65.9 Å². The van der Waals surface area contributed by atoms with E-state index in [2.05, 4.69) is 11.1 Å². The first-order valence-electron chi connectivity index (χ1n) is 6.45. The second-order valence-corrected chi connectivity index (χ2v) is 4.84. The molecule has 102 valence electrons. The number of nitrogens with zero attached hydrogens (tertiary/aromatic N) is 1. The van der Waals surface area contributed by atoms with Gasteiger partial charge in [-0.05, 0) is 41.3 Å². The van der Waals surface area contributed by atoms with E-state index in [-0.39, 0.29) is 18.5 Å². The number of aromatic nitrogens is 1. The Morgan fingerprint density at radius 1 is 1.40 bits per heavy atom. The standard InChI is InChI=1S/C16H16N2O2/c1-11(2)14-8-12(9-17)5-6-13(14)10-20-16(19)15-4-3-7-18-15/h3-8,11,18H,10H2,1-2H3. The van der Waals surface area contributed by atoms with E-state index in [9.17, 15) is 4.79 Å². The highest BCUT2D eigenvalue weighted by Crippen LogP contribution is 2.22. The van der Waals surface area contributed by atoms with Crippen LogP contribution in [-0.4, -0.2) is 11.0 Å². The Morgan fingerprint density at radius 3 is 2.80 bits per heavy atom. The molecule has 0 aliphatic heterocycles. The molecule has 0 saturated carbocycles. The Bertz CT molecular complexity index is 637. The Kier molecular flexibility index (Phi) is 4.21. The summed E-state index contributed by atoms with van der Waals surface area (Å²) in [5.41, 5.74) is 3.01. The number of benzene rings is 1. The van der Waals surface area contributed by atoms with E-state index in [0.29, 0.717) is 11.3 Å². The van der Waals surface area contributed by atoms with Crippen molar-refractivity contribution in [2.24, 2.45) is 0 Å². The highest BCUT2D eigenvalue weighted by molar-refractivity contribution is 5.87. The van der Waals surface area contributed by atoms with Crippen molar-refractivity contribution in [3.63, 3.8) is 0 Å². The van der Waals surface area contributed by atoms with Crippen molar-refractivity contribution in [1.29, 1.82) is 5.26 Å². The third-order valence-corrected chi connectivity index (χ3v) is 3.07. The number of hydrogen-bond donors (Lipinski definition) is 1. The fraction of sp³-hybridized carbons (Fsp3) is 0.250. The number of rotatable bonds is 4. The first kappa shape index (κ1) is 13.9. The molecule has 4 heteroatoms. The molecular weight excluding hydrogens is 252 g/mol. The van der Waals surface area contributed by atoms with Gasteiger partial charge >= 0.3 is 5.97 Å². The van der Waals surface area contributed by atoms with E-state index < -0.39 is 0 Å². The number of carbonyl (C=O) groups is 1. The zero-order valence-electron chi connectivity index (χ0n) is 11.5. The molecular formula is C16H16N2O2. The molecule has 0 radical (unpaired) electrons. The molecule has 1 aromatic heterocycles. The van der Waals surface area contributed by atoms with Crippen LogP contribution in [0.4, 0.5) is 0 Å². The molecule has 0 fully saturated rings. The molecule has 0 amide bonds. The van der Waals surface area contributed by atoms with Crippen molar-refractivity contribution in [3.8, 4) is 6.07 Å². The number of ether oxygens (including phenoxy) is 1. The predicted molar refractivity (Wildman–Crippen MR) is 75.2 cm³/mol. The van der Waals surface area contributed by atoms with Crippen molar-refractivity contribution in [1.82, 2.24) is 4.98 Å². The second-order valence-electron chi connectivity index (χ2n) is 4.84. The number of nitriles is 1. The van der Waals surface area contributed by atoms with Crippen LogP contribution < -0.4 is 0 Å². The third-order valence-electron chi connectivity index (χ3n) is 3.07. The van der Waals surface area contributed by atoms with Crippen molar-refractivity contribution >= 4 is 5.97 Å². The third kappa shape index (κ3) is 3.07. The van der Waals surface area contributed by atoms with Gasteiger partial charge in [0.2, 0.25) is 0 Å². The molecule has 1 aromatic carbocycles. The van der Waals surface area contributed by atoms with Gasteiger partial charge in [-0.15, -0.1) is 0 Å². The molecule has 2 aromatic rings. The Balaban J connectivity index is 2.13. The second kappa shape index (κ2) is 6.07. The summed E-state index contributed by atoms with van der Waals surface area (Å²) < 4.78 is 5.28. The van der Waals surface area contributed by atoms with E-state index in [1.165, 1.54) is 0 Å². The minimum absolute atomic E-state index is 0.205. The zero-order chi connectivity index (χ0) is 14.5. The first-order chi connectivity index (χ1) is 9.61. The minimum Gasteiger partial charge on any atom is -0.456 e. The Hall–Kier alpha value is -2.54. The number of esters is 1. The molecule has 1 N–H and O–H groups in total. The van der Waals surface area contributed by atoms with E-state index >= 15 is 0 Å². The lowest BCUT2D eigenvalue weighted by Gasteiger charge is -2.13. The van der Waals surface area contributed by atoms with Gasteiger partial charge in [0.15, 0.2) is 0 Å². The molecule has 0 saturated heterocycles. The summed E-state index contributed by atoms with van der Waals surface area (Å²) in [6.07, 6.45) is 1.68. The lowest BCUT2D eigenvalue weighted by Crippen LogP contribution is -2.07. The molecule has 0 bridgehead atoms. The SMILES string of the molecule is CC(C)c1cc(C#N)ccc1COC(=O)c1ccc[nH]1. The lowest BCUT2D eigenvalue weighted by molar-refractivity contribution is 0.0465. The maximum atomic E-state index is 11.8. The fourth-order valence-electron chi connectivity index (χ4n) is 2.01. The summed E-state index contributed by atoms with van der Waals surface area (Å²) in [5.74, 6) is -0.114. The van der Waals surface area contributed by atoms with Crippen molar-refractivity contribution in [2.75, 3.05) is 0 Å². The number of aromatic amines is 1. The maximum Gasteiger partial charge on any atom is 0.355 e. The highest BCUT2D eigenvalue weighted by Gasteiger charge is 2.12. The monoisotopic (exact) mass is 268 g/mol. The van der Waals surface area contributed by atoms with Gasteiger partial charge in [-0.2, -0.15) is 5.26 Å². The summed E-state index contributed by atoms with van der Waals surface area (Å²) in [5, 5.41) is 8.94. The first-order valence-corrected chi connectivity index (χ1v) is 6.45. The molecule has 2 rings (SSSR count). The summed E-state index contributed by atoms with van der Waals surface area (Å²) in [7, 11) is 0. The molecule has 0 unspecified atom stereocenters. The van der Waals surface area contributed by atoms with Crippen molar-refractivity contribution in [3.05, 3.63) is 58.9 Å². The van der Waals surface area contributed by atoms with Crippen LogP contribution in [0.2, 0.25) is 0 Å². The molecule has 1 heterocycles. The lowest BCUT2D eigenvalue weighted by atomic mass is 9.95. The van der Waals surface area contributed by atoms with Gasteiger partial charge in [-0.1, -0.05) is 19.9 Å². The van der Waals surface area contributed by atoms with Crippen LogP contribution in [0.15, 0.2) is 36.5 Å². The van der Waals surface area contributed by atoms with Crippen LogP contribution in [-0.2, 0) is 11.3 Å². The van der Waals surface area contributed by atoms with Crippen LogP contribution in [0.25, 0.3) is 0 Å². The Labute approximate surface area is 118 Å². The number of carbonyl (C=O) groups excluding carboxylic acids is 1. The minimum atomic E-state index is -0.380. The Morgan fingerprint density at radius 2 is 2.20 bits per heavy atom. The van der Waals surface area contributed by atoms with Gasteiger partial charge in [-0.25, -0.2) is 4.79 Å². The maximum absolute atomic E-state index is 11.8. The van der Waals surface area contributed by atoms with Crippen LogP contribution in [0.5, 0.6) is 0 Å². The molecule has 0 aliphatic rings. The van der Waals surface area contributed by atoms with Crippen molar-refractivity contribution < 1.29 is 9.53 Å². The van der Waals surface area contributed by atoms with Gasteiger partial charge in [0.25, 0.3) is 0 Å². The largest absolute Gasteiger partial charge is 0.456 e. The number of nitrogens with one attached hydrogen (secondary N) is 1. The van der Waals surface area contributed by atoms with E-state index in [0.717, 1.165) is 11.1 Å².